The summed E-state index contributed by atoms with van der Waals surface area (Å²) >= 11 is 11.7. The standard InChI is InChI=1S/C10H7Cl2N3O2/c1-5-13-10(17-15-5)14-9(16)6-3-2-4-7(11)8(6)12/h2-4H,1H3,(H,13,14,15,16). The zero-order valence-corrected chi connectivity index (χ0v) is 10.2. The maximum atomic E-state index is 11.8. The van der Waals surface area contributed by atoms with Crippen molar-refractivity contribution in [3.8, 4) is 0 Å². The Labute approximate surface area is 107 Å². The molecule has 0 atom stereocenters. The van der Waals surface area contributed by atoms with Crippen LogP contribution in [0.5, 0.6) is 0 Å². The summed E-state index contributed by atoms with van der Waals surface area (Å²) in [5, 5.41) is 6.46. The number of anilines is 1. The molecule has 0 aliphatic heterocycles. The number of benzene rings is 1. The second-order valence-electron chi connectivity index (χ2n) is 3.20. The quantitative estimate of drug-likeness (QED) is 0.912. The van der Waals surface area contributed by atoms with Crippen molar-refractivity contribution in [1.82, 2.24) is 10.1 Å². The van der Waals surface area contributed by atoms with E-state index in [4.69, 9.17) is 27.7 Å². The second-order valence-corrected chi connectivity index (χ2v) is 3.99. The van der Waals surface area contributed by atoms with Gasteiger partial charge in [0, 0.05) is 0 Å². The first-order valence-corrected chi connectivity index (χ1v) is 5.39. The minimum absolute atomic E-state index is 0.0172. The van der Waals surface area contributed by atoms with Gasteiger partial charge < -0.3 is 4.52 Å². The molecule has 0 bridgehead atoms. The molecule has 17 heavy (non-hydrogen) atoms. The lowest BCUT2D eigenvalue weighted by molar-refractivity contribution is 0.102. The summed E-state index contributed by atoms with van der Waals surface area (Å²) in [6.45, 7) is 1.64. The zero-order chi connectivity index (χ0) is 12.4. The van der Waals surface area contributed by atoms with Crippen LogP contribution in [0.4, 0.5) is 6.01 Å². The van der Waals surface area contributed by atoms with E-state index in [1.165, 1.54) is 0 Å². The molecule has 0 aliphatic rings. The molecule has 2 rings (SSSR count). The Morgan fingerprint density at radius 3 is 2.82 bits per heavy atom. The van der Waals surface area contributed by atoms with Gasteiger partial charge in [0.05, 0.1) is 15.6 Å². The number of carbonyl (C=O) groups is 1. The van der Waals surface area contributed by atoms with Gasteiger partial charge in [-0.1, -0.05) is 34.4 Å². The van der Waals surface area contributed by atoms with E-state index in [-0.39, 0.29) is 16.6 Å². The van der Waals surface area contributed by atoms with Crippen molar-refractivity contribution in [2.24, 2.45) is 0 Å². The molecule has 1 amide bonds. The SMILES string of the molecule is Cc1noc(NC(=O)c2cccc(Cl)c2Cl)n1. The van der Waals surface area contributed by atoms with Crippen molar-refractivity contribution in [2.75, 3.05) is 5.32 Å². The number of aromatic nitrogens is 2. The van der Waals surface area contributed by atoms with Crippen LogP contribution in [0.25, 0.3) is 0 Å². The van der Waals surface area contributed by atoms with E-state index >= 15 is 0 Å². The fourth-order valence-corrected chi connectivity index (χ4v) is 1.58. The minimum atomic E-state index is -0.457. The van der Waals surface area contributed by atoms with Crippen molar-refractivity contribution in [2.45, 2.75) is 6.92 Å². The summed E-state index contributed by atoms with van der Waals surface area (Å²) < 4.78 is 4.76. The van der Waals surface area contributed by atoms with Crippen molar-refractivity contribution in [3.63, 3.8) is 0 Å². The Balaban J connectivity index is 2.23. The number of carbonyl (C=O) groups excluding carboxylic acids is 1. The first-order valence-electron chi connectivity index (χ1n) is 4.63. The predicted molar refractivity (Wildman–Crippen MR) is 63.5 cm³/mol. The number of hydrogen-bond acceptors (Lipinski definition) is 4. The Kier molecular flexibility index (Phi) is 3.31. The van der Waals surface area contributed by atoms with Gasteiger partial charge in [0.25, 0.3) is 5.91 Å². The highest BCUT2D eigenvalue weighted by Gasteiger charge is 2.15. The lowest BCUT2D eigenvalue weighted by Gasteiger charge is -2.03. The molecule has 0 spiro atoms. The van der Waals surface area contributed by atoms with Crippen molar-refractivity contribution < 1.29 is 9.32 Å². The van der Waals surface area contributed by atoms with Gasteiger partial charge in [-0.2, -0.15) is 4.98 Å². The van der Waals surface area contributed by atoms with Gasteiger partial charge in [-0.25, -0.2) is 0 Å². The average molecular weight is 272 g/mol. The van der Waals surface area contributed by atoms with E-state index in [2.05, 4.69) is 15.5 Å². The summed E-state index contributed by atoms with van der Waals surface area (Å²) in [6, 6.07) is 4.79. The predicted octanol–water partition coefficient (Wildman–Crippen LogP) is 2.94. The molecule has 1 aromatic heterocycles. The third-order valence-electron chi connectivity index (χ3n) is 1.94. The second kappa shape index (κ2) is 4.73. The van der Waals surface area contributed by atoms with Gasteiger partial charge in [0.15, 0.2) is 5.82 Å². The molecule has 1 aromatic carbocycles. The highest BCUT2D eigenvalue weighted by molar-refractivity contribution is 6.44. The van der Waals surface area contributed by atoms with E-state index in [1.807, 2.05) is 0 Å². The third kappa shape index (κ3) is 2.57. The van der Waals surface area contributed by atoms with Crippen LogP contribution in [0.1, 0.15) is 16.2 Å². The lowest BCUT2D eigenvalue weighted by atomic mass is 10.2. The Hall–Kier alpha value is -1.59. The van der Waals surface area contributed by atoms with Gasteiger partial charge >= 0.3 is 6.01 Å². The molecule has 1 N–H and O–H groups in total. The van der Waals surface area contributed by atoms with Crippen LogP contribution in [0.2, 0.25) is 10.0 Å². The molecule has 2 aromatic rings. The van der Waals surface area contributed by atoms with Crippen molar-refractivity contribution in [1.29, 1.82) is 0 Å². The minimum Gasteiger partial charge on any atom is -0.315 e. The maximum Gasteiger partial charge on any atom is 0.328 e. The molecule has 0 unspecified atom stereocenters. The molecule has 0 aliphatic carbocycles. The van der Waals surface area contributed by atoms with E-state index in [0.29, 0.717) is 10.8 Å². The molecule has 1 heterocycles. The van der Waals surface area contributed by atoms with Crippen molar-refractivity contribution >= 4 is 35.1 Å². The van der Waals surface area contributed by atoms with Crippen LogP contribution < -0.4 is 5.32 Å². The number of hydrogen-bond donors (Lipinski definition) is 1. The van der Waals surface area contributed by atoms with Crippen LogP contribution in [-0.2, 0) is 0 Å². The van der Waals surface area contributed by atoms with Gasteiger partial charge in [-0.3, -0.25) is 10.1 Å². The summed E-state index contributed by atoms with van der Waals surface area (Å²) in [5.41, 5.74) is 0.245. The van der Waals surface area contributed by atoms with E-state index in [1.54, 1.807) is 25.1 Å². The Bertz CT molecular complexity index is 568. The molecule has 0 radical (unpaired) electrons. The van der Waals surface area contributed by atoms with Crippen molar-refractivity contribution in [3.05, 3.63) is 39.6 Å². The first kappa shape index (κ1) is 11.9. The van der Waals surface area contributed by atoms with Gasteiger partial charge in [0.2, 0.25) is 0 Å². The fraction of sp³-hybridized carbons (Fsp3) is 0.100. The number of nitrogens with one attached hydrogen (secondary N) is 1. The maximum absolute atomic E-state index is 11.8. The molecular formula is C10H7Cl2N3O2. The number of nitrogens with zero attached hydrogens (tertiary/aromatic N) is 2. The first-order chi connectivity index (χ1) is 8.08. The molecule has 88 valence electrons. The Morgan fingerprint density at radius 1 is 1.41 bits per heavy atom. The fourth-order valence-electron chi connectivity index (χ4n) is 1.19. The summed E-state index contributed by atoms with van der Waals surface area (Å²) in [7, 11) is 0. The average Bonchev–Trinajstić information content (AvgIpc) is 2.68. The molecule has 0 saturated heterocycles. The van der Waals surface area contributed by atoms with E-state index in [0.717, 1.165) is 0 Å². The van der Waals surface area contributed by atoms with Gasteiger partial charge in [-0.15, -0.1) is 0 Å². The van der Waals surface area contributed by atoms with E-state index < -0.39 is 5.91 Å². The largest absolute Gasteiger partial charge is 0.328 e. The van der Waals surface area contributed by atoms with E-state index in [9.17, 15) is 4.79 Å². The van der Waals surface area contributed by atoms with Crippen LogP contribution >= 0.6 is 23.2 Å². The molecule has 7 heteroatoms. The highest BCUT2D eigenvalue weighted by Crippen LogP contribution is 2.25. The van der Waals surface area contributed by atoms with Crippen LogP contribution in [0.15, 0.2) is 22.7 Å². The molecule has 0 saturated carbocycles. The van der Waals surface area contributed by atoms with Gasteiger partial charge in [-0.05, 0) is 19.1 Å². The zero-order valence-electron chi connectivity index (χ0n) is 8.70. The highest BCUT2D eigenvalue weighted by atomic mass is 35.5. The number of halogens is 2. The van der Waals surface area contributed by atoms with Crippen LogP contribution in [-0.4, -0.2) is 16.0 Å². The topological polar surface area (TPSA) is 68.0 Å². The Morgan fingerprint density at radius 2 is 2.18 bits per heavy atom. The molecule has 5 nitrogen and oxygen atoms in total. The third-order valence-corrected chi connectivity index (χ3v) is 2.76. The summed E-state index contributed by atoms with van der Waals surface area (Å²) in [5.74, 6) is -0.0290. The molecule has 0 fully saturated rings. The molecular weight excluding hydrogens is 265 g/mol. The number of rotatable bonds is 2. The smallest absolute Gasteiger partial charge is 0.315 e. The lowest BCUT2D eigenvalue weighted by Crippen LogP contribution is -2.12. The summed E-state index contributed by atoms with van der Waals surface area (Å²) in [6.07, 6.45) is 0. The number of aryl methyl sites for hydroxylation is 1. The number of amides is 1. The van der Waals surface area contributed by atoms with Crippen LogP contribution in [0, 0.1) is 6.92 Å². The monoisotopic (exact) mass is 271 g/mol. The normalized spacial score (nSPS) is 10.3. The van der Waals surface area contributed by atoms with Crippen LogP contribution in [0.3, 0.4) is 0 Å². The summed E-state index contributed by atoms with van der Waals surface area (Å²) in [4.78, 5) is 15.7. The van der Waals surface area contributed by atoms with Gasteiger partial charge in [0.1, 0.15) is 0 Å².